The third-order valence-electron chi connectivity index (χ3n) is 5.17. The predicted molar refractivity (Wildman–Crippen MR) is 107 cm³/mol. The van der Waals surface area contributed by atoms with Crippen molar-refractivity contribution in [1.82, 2.24) is 5.32 Å². The first-order valence-electron chi connectivity index (χ1n) is 9.54. The lowest BCUT2D eigenvalue weighted by atomic mass is 9.94. The molecule has 0 bridgehead atoms. The molecule has 1 N–H and O–H groups in total. The van der Waals surface area contributed by atoms with Crippen molar-refractivity contribution in [3.63, 3.8) is 0 Å². The topological polar surface area (TPSA) is 78.4 Å². The average molecular weight is 396 g/mol. The number of carbonyl (C=O) groups excluding carboxylic acids is 1. The molecule has 7 heteroatoms. The Bertz CT molecular complexity index is 858. The van der Waals surface area contributed by atoms with Crippen molar-refractivity contribution in [1.29, 1.82) is 0 Å². The molecule has 29 heavy (non-hydrogen) atoms. The Morgan fingerprint density at radius 2 is 1.72 bits per heavy atom. The van der Waals surface area contributed by atoms with Crippen molar-refractivity contribution in [3.8, 4) is 0 Å². The summed E-state index contributed by atoms with van der Waals surface area (Å²) in [5, 5.41) is 2.99. The summed E-state index contributed by atoms with van der Waals surface area (Å²) in [4.78, 5) is 17.3. The van der Waals surface area contributed by atoms with Crippen molar-refractivity contribution in [3.05, 3.63) is 71.8 Å². The molecule has 2 aliphatic rings. The van der Waals surface area contributed by atoms with E-state index in [0.29, 0.717) is 18.0 Å². The molecule has 4 unspecified atom stereocenters. The van der Waals surface area contributed by atoms with Gasteiger partial charge in [-0.1, -0.05) is 36.4 Å². The highest BCUT2D eigenvalue weighted by Crippen LogP contribution is 2.30. The second-order valence-electron chi connectivity index (χ2n) is 6.94. The number of nitrogens with zero attached hydrogens (tertiary/aromatic N) is 1. The van der Waals surface area contributed by atoms with Crippen molar-refractivity contribution in [2.45, 2.75) is 30.6 Å². The van der Waals surface area contributed by atoms with Gasteiger partial charge in [0.05, 0.1) is 6.54 Å². The number of fused-ring (bicyclic) bond motifs is 1. The number of methoxy groups -OCH3 is 2. The summed E-state index contributed by atoms with van der Waals surface area (Å²) in [6, 6.07) is 18.1. The van der Waals surface area contributed by atoms with Gasteiger partial charge in [0.15, 0.2) is 12.4 Å². The van der Waals surface area contributed by atoms with E-state index in [1.807, 2.05) is 48.5 Å². The maximum Gasteiger partial charge on any atom is 0.251 e. The third kappa shape index (κ3) is 4.03. The summed E-state index contributed by atoms with van der Waals surface area (Å²) in [5.41, 5.74) is 1.44. The van der Waals surface area contributed by atoms with Gasteiger partial charge < -0.3 is 24.3 Å². The standard InChI is InChI=1S/C22H24N2O5/c1-26-19-17(24-20(25)14-9-5-3-6-10-14)22(27-2)28-16-13-23-21(29-18(16)19)15-11-7-4-8-12-15/h3-12,16-19,22H,13H2,1-2H3,(H,24,25)/t16?,17?,18-,19?,22?/m0/s1. The average Bonchev–Trinajstić information content (AvgIpc) is 2.79. The van der Waals surface area contributed by atoms with E-state index in [9.17, 15) is 4.79 Å². The highest BCUT2D eigenvalue weighted by molar-refractivity contribution is 5.95. The van der Waals surface area contributed by atoms with Gasteiger partial charge in [-0.25, -0.2) is 4.99 Å². The number of hydrogen-bond acceptors (Lipinski definition) is 6. The Balaban J connectivity index is 1.57. The fraction of sp³-hybridized carbons (Fsp3) is 0.364. The van der Waals surface area contributed by atoms with E-state index in [1.165, 1.54) is 0 Å². The molecule has 1 amide bonds. The van der Waals surface area contributed by atoms with Gasteiger partial charge in [-0.15, -0.1) is 0 Å². The van der Waals surface area contributed by atoms with Gasteiger partial charge in [-0.05, 0) is 24.3 Å². The second-order valence-corrected chi connectivity index (χ2v) is 6.94. The van der Waals surface area contributed by atoms with Crippen LogP contribution in [0.3, 0.4) is 0 Å². The van der Waals surface area contributed by atoms with Gasteiger partial charge in [-0.2, -0.15) is 0 Å². The number of rotatable bonds is 5. The van der Waals surface area contributed by atoms with E-state index in [0.717, 1.165) is 5.56 Å². The van der Waals surface area contributed by atoms with Crippen LogP contribution in [0.2, 0.25) is 0 Å². The molecule has 7 nitrogen and oxygen atoms in total. The molecule has 4 rings (SSSR count). The highest BCUT2D eigenvalue weighted by Gasteiger charge is 2.50. The van der Waals surface area contributed by atoms with Crippen molar-refractivity contribution < 1.29 is 23.7 Å². The lowest BCUT2D eigenvalue weighted by Crippen LogP contribution is -2.66. The van der Waals surface area contributed by atoms with E-state index in [2.05, 4.69) is 10.3 Å². The fourth-order valence-electron chi connectivity index (χ4n) is 3.73. The first-order valence-corrected chi connectivity index (χ1v) is 9.54. The maximum atomic E-state index is 12.7. The largest absolute Gasteiger partial charge is 0.468 e. The van der Waals surface area contributed by atoms with Crippen molar-refractivity contribution >= 4 is 11.8 Å². The summed E-state index contributed by atoms with van der Waals surface area (Å²) >= 11 is 0. The summed E-state index contributed by atoms with van der Waals surface area (Å²) in [6.07, 6.45) is -1.91. The van der Waals surface area contributed by atoms with Crippen LogP contribution in [0.5, 0.6) is 0 Å². The van der Waals surface area contributed by atoms with E-state index in [-0.39, 0.29) is 12.0 Å². The molecule has 0 spiro atoms. The van der Waals surface area contributed by atoms with Crippen LogP contribution in [0.1, 0.15) is 15.9 Å². The number of amides is 1. The minimum Gasteiger partial charge on any atom is -0.468 e. The molecular formula is C22H24N2O5. The molecule has 0 radical (unpaired) electrons. The van der Waals surface area contributed by atoms with E-state index < -0.39 is 24.5 Å². The smallest absolute Gasteiger partial charge is 0.251 e. The van der Waals surface area contributed by atoms with Crippen LogP contribution in [0.15, 0.2) is 65.7 Å². The van der Waals surface area contributed by atoms with Gasteiger partial charge in [-0.3, -0.25) is 4.79 Å². The molecule has 1 fully saturated rings. The van der Waals surface area contributed by atoms with Crippen LogP contribution in [0.4, 0.5) is 0 Å². The molecule has 5 atom stereocenters. The molecule has 0 aromatic heterocycles. The Labute approximate surface area is 169 Å². The fourth-order valence-corrected chi connectivity index (χ4v) is 3.73. The maximum absolute atomic E-state index is 12.7. The van der Waals surface area contributed by atoms with Crippen LogP contribution in [0.25, 0.3) is 0 Å². The monoisotopic (exact) mass is 396 g/mol. The highest BCUT2D eigenvalue weighted by atomic mass is 16.7. The third-order valence-corrected chi connectivity index (χ3v) is 5.17. The number of nitrogens with one attached hydrogen (secondary N) is 1. The lowest BCUT2D eigenvalue weighted by molar-refractivity contribution is -0.256. The van der Waals surface area contributed by atoms with Gasteiger partial charge >= 0.3 is 0 Å². The molecular weight excluding hydrogens is 372 g/mol. The number of carbonyl (C=O) groups is 1. The zero-order chi connectivity index (χ0) is 20.2. The molecule has 2 aromatic rings. The second kappa shape index (κ2) is 8.73. The molecule has 2 heterocycles. The van der Waals surface area contributed by atoms with E-state index >= 15 is 0 Å². The Morgan fingerprint density at radius 3 is 2.38 bits per heavy atom. The Kier molecular flexibility index (Phi) is 5.89. The van der Waals surface area contributed by atoms with Crippen molar-refractivity contribution in [2.75, 3.05) is 20.8 Å². The molecule has 152 valence electrons. The quantitative estimate of drug-likeness (QED) is 0.837. The molecule has 1 saturated heterocycles. The Hall–Kier alpha value is -2.74. The van der Waals surface area contributed by atoms with Crippen LogP contribution in [-0.4, -0.2) is 63.2 Å². The number of aliphatic imine (C=N–C) groups is 1. The summed E-state index contributed by atoms with van der Waals surface area (Å²) in [6.45, 7) is 0.425. The van der Waals surface area contributed by atoms with Crippen molar-refractivity contribution in [2.24, 2.45) is 4.99 Å². The zero-order valence-electron chi connectivity index (χ0n) is 16.4. The first-order chi connectivity index (χ1) is 14.2. The normalized spacial score (nSPS) is 28.6. The minimum absolute atomic E-state index is 0.227. The van der Waals surface area contributed by atoms with Gasteiger partial charge in [0.2, 0.25) is 5.90 Å². The minimum atomic E-state index is -0.675. The number of benzene rings is 2. The number of hydrogen-bond donors (Lipinski definition) is 1. The van der Waals surface area contributed by atoms with Crippen LogP contribution >= 0.6 is 0 Å². The number of ether oxygens (including phenoxy) is 4. The molecule has 2 aromatic carbocycles. The zero-order valence-corrected chi connectivity index (χ0v) is 16.4. The summed E-state index contributed by atoms with van der Waals surface area (Å²) in [7, 11) is 3.14. The first kappa shape index (κ1) is 19.6. The van der Waals surface area contributed by atoms with Crippen LogP contribution < -0.4 is 5.32 Å². The lowest BCUT2D eigenvalue weighted by Gasteiger charge is -2.46. The Morgan fingerprint density at radius 1 is 1.03 bits per heavy atom. The van der Waals surface area contributed by atoms with Crippen LogP contribution in [0, 0.1) is 0 Å². The van der Waals surface area contributed by atoms with Gasteiger partial charge in [0.1, 0.15) is 18.2 Å². The predicted octanol–water partition coefficient (Wildman–Crippen LogP) is 2.02. The van der Waals surface area contributed by atoms with Crippen LogP contribution in [-0.2, 0) is 18.9 Å². The molecule has 0 saturated carbocycles. The van der Waals surface area contributed by atoms with E-state index in [1.54, 1.807) is 26.4 Å². The summed E-state index contributed by atoms with van der Waals surface area (Å²) in [5.74, 6) is 0.316. The molecule has 2 aliphatic heterocycles. The van der Waals surface area contributed by atoms with Gasteiger partial charge in [0, 0.05) is 25.3 Å². The SMILES string of the molecule is COC1OC2CN=C(c3ccccc3)O[C@@H]2C(OC)C1NC(=O)c1ccccc1. The van der Waals surface area contributed by atoms with Gasteiger partial charge in [0.25, 0.3) is 5.91 Å². The molecule has 0 aliphatic carbocycles. The summed E-state index contributed by atoms with van der Waals surface area (Å²) < 4.78 is 23.5. The van der Waals surface area contributed by atoms with E-state index in [4.69, 9.17) is 18.9 Å².